The van der Waals surface area contributed by atoms with Crippen LogP contribution in [-0.4, -0.2) is 41.6 Å². The number of amides is 2. The number of nitrogens with zero attached hydrogens (tertiary/aromatic N) is 1. The molecule has 1 saturated carbocycles. The molecule has 5 heteroatoms. The van der Waals surface area contributed by atoms with Crippen molar-refractivity contribution in [2.45, 2.75) is 44.1 Å². The number of rotatable bonds is 3. The molecule has 1 aliphatic carbocycles. The lowest BCUT2D eigenvalue weighted by atomic mass is 9.78. The highest BCUT2D eigenvalue weighted by molar-refractivity contribution is 5.76. The summed E-state index contributed by atoms with van der Waals surface area (Å²) in [5, 5.41) is 11.5. The van der Waals surface area contributed by atoms with Crippen molar-refractivity contribution >= 4 is 12.0 Å². The normalized spacial score (nSPS) is 18.9. The molecule has 0 aromatic rings. The summed E-state index contributed by atoms with van der Waals surface area (Å²) < 4.78 is 0. The van der Waals surface area contributed by atoms with Crippen LogP contribution in [0.4, 0.5) is 4.79 Å². The monoisotopic (exact) mass is 228 g/mol. The van der Waals surface area contributed by atoms with Crippen LogP contribution in [0.2, 0.25) is 0 Å². The second-order valence-corrected chi connectivity index (χ2v) is 4.47. The molecular weight excluding hydrogens is 208 g/mol. The highest BCUT2D eigenvalue weighted by atomic mass is 16.4. The Hall–Kier alpha value is -1.26. The molecule has 0 spiro atoms. The molecule has 0 radical (unpaired) electrons. The topological polar surface area (TPSA) is 69.6 Å². The number of carboxylic acids is 1. The average Bonchev–Trinajstić information content (AvgIpc) is 2.27. The zero-order chi connectivity index (χ0) is 12.2. The molecule has 0 aromatic carbocycles. The molecule has 0 bridgehead atoms. The smallest absolute Gasteiger partial charge is 0.317 e. The van der Waals surface area contributed by atoms with Gasteiger partial charge >= 0.3 is 12.0 Å². The van der Waals surface area contributed by atoms with E-state index in [9.17, 15) is 9.59 Å². The quantitative estimate of drug-likeness (QED) is 0.767. The predicted octanol–water partition coefficient (Wildman–Crippen LogP) is 1.44. The number of nitrogens with one attached hydrogen (secondary N) is 1. The predicted molar refractivity (Wildman–Crippen MR) is 60.3 cm³/mol. The third-order valence-electron chi connectivity index (χ3n) is 3.49. The fourth-order valence-electron chi connectivity index (χ4n) is 2.51. The molecule has 1 fully saturated rings. The van der Waals surface area contributed by atoms with E-state index in [1.54, 1.807) is 19.0 Å². The van der Waals surface area contributed by atoms with Gasteiger partial charge in [0.1, 0.15) is 0 Å². The molecule has 5 nitrogen and oxygen atoms in total. The number of carbonyl (C=O) groups is 2. The largest absolute Gasteiger partial charge is 0.481 e. The highest BCUT2D eigenvalue weighted by Gasteiger charge is 2.40. The summed E-state index contributed by atoms with van der Waals surface area (Å²) in [4.78, 5) is 24.1. The van der Waals surface area contributed by atoms with Crippen molar-refractivity contribution in [1.82, 2.24) is 10.2 Å². The van der Waals surface area contributed by atoms with Gasteiger partial charge in [0.25, 0.3) is 0 Å². The van der Waals surface area contributed by atoms with E-state index >= 15 is 0 Å². The first-order valence-corrected chi connectivity index (χ1v) is 5.69. The molecule has 0 unspecified atom stereocenters. The summed E-state index contributed by atoms with van der Waals surface area (Å²) in [5.41, 5.74) is -0.496. The van der Waals surface area contributed by atoms with E-state index in [2.05, 4.69) is 5.32 Å². The zero-order valence-corrected chi connectivity index (χ0v) is 9.95. The number of hydrogen-bond acceptors (Lipinski definition) is 2. The van der Waals surface area contributed by atoms with Crippen LogP contribution in [0.25, 0.3) is 0 Å². The van der Waals surface area contributed by atoms with E-state index in [4.69, 9.17) is 5.11 Å². The molecule has 2 amide bonds. The number of urea groups is 1. The Morgan fingerprint density at radius 2 is 1.88 bits per heavy atom. The number of carboxylic acid groups (broad SMARTS) is 1. The molecule has 1 rings (SSSR count). The molecule has 0 atom stereocenters. The lowest BCUT2D eigenvalue weighted by molar-refractivity contribution is -0.140. The highest BCUT2D eigenvalue weighted by Crippen LogP contribution is 2.35. The van der Waals surface area contributed by atoms with Gasteiger partial charge < -0.3 is 15.3 Å². The minimum Gasteiger partial charge on any atom is -0.481 e. The maximum Gasteiger partial charge on any atom is 0.317 e. The van der Waals surface area contributed by atoms with Crippen molar-refractivity contribution in [3.8, 4) is 0 Å². The lowest BCUT2D eigenvalue weighted by Crippen LogP contribution is -2.54. The molecule has 0 aromatic heterocycles. The minimum absolute atomic E-state index is 0.0386. The van der Waals surface area contributed by atoms with Gasteiger partial charge in [0.2, 0.25) is 0 Å². The van der Waals surface area contributed by atoms with Crippen LogP contribution in [-0.2, 0) is 4.79 Å². The first-order valence-electron chi connectivity index (χ1n) is 5.69. The second-order valence-electron chi connectivity index (χ2n) is 4.47. The van der Waals surface area contributed by atoms with Gasteiger partial charge in [-0.2, -0.15) is 0 Å². The van der Waals surface area contributed by atoms with Crippen LogP contribution in [0.5, 0.6) is 0 Å². The second kappa shape index (κ2) is 5.18. The van der Waals surface area contributed by atoms with E-state index in [0.717, 1.165) is 32.1 Å². The maximum atomic E-state index is 11.6. The van der Waals surface area contributed by atoms with Crippen molar-refractivity contribution in [3.63, 3.8) is 0 Å². The van der Waals surface area contributed by atoms with E-state index < -0.39 is 11.5 Å². The van der Waals surface area contributed by atoms with Gasteiger partial charge in [0, 0.05) is 14.1 Å². The summed E-state index contributed by atoms with van der Waals surface area (Å²) in [6, 6.07) is -0.205. The van der Waals surface area contributed by atoms with Crippen LogP contribution in [0.3, 0.4) is 0 Å². The Kier molecular flexibility index (Phi) is 4.15. The van der Waals surface area contributed by atoms with Crippen molar-refractivity contribution in [2.24, 2.45) is 0 Å². The Morgan fingerprint density at radius 1 is 1.31 bits per heavy atom. The number of carbonyl (C=O) groups excluding carboxylic acids is 1. The average molecular weight is 228 g/mol. The van der Waals surface area contributed by atoms with Crippen LogP contribution in [0, 0.1) is 0 Å². The summed E-state index contributed by atoms with van der Waals surface area (Å²) in [7, 11) is 3.25. The molecule has 0 heterocycles. The molecular formula is C11H20N2O3. The fourth-order valence-corrected chi connectivity index (χ4v) is 2.51. The zero-order valence-electron chi connectivity index (χ0n) is 9.95. The Balaban J connectivity index is 2.84. The third kappa shape index (κ3) is 2.65. The molecule has 16 heavy (non-hydrogen) atoms. The van der Waals surface area contributed by atoms with E-state index in [1.165, 1.54) is 0 Å². The van der Waals surface area contributed by atoms with Gasteiger partial charge in [-0.15, -0.1) is 0 Å². The Labute approximate surface area is 95.8 Å². The van der Waals surface area contributed by atoms with Gasteiger partial charge in [-0.3, -0.25) is 4.79 Å². The van der Waals surface area contributed by atoms with Gasteiger partial charge in [-0.05, 0) is 12.8 Å². The van der Waals surface area contributed by atoms with Crippen molar-refractivity contribution < 1.29 is 14.7 Å². The van der Waals surface area contributed by atoms with Gasteiger partial charge in [0.05, 0.1) is 12.0 Å². The molecule has 2 N–H and O–H groups in total. The maximum absolute atomic E-state index is 11.6. The molecule has 0 aliphatic heterocycles. The van der Waals surface area contributed by atoms with Crippen molar-refractivity contribution in [2.75, 3.05) is 14.1 Å². The van der Waals surface area contributed by atoms with Crippen LogP contribution in [0.15, 0.2) is 0 Å². The molecule has 0 saturated heterocycles. The minimum atomic E-state index is -0.836. The van der Waals surface area contributed by atoms with Crippen LogP contribution < -0.4 is 5.32 Å². The van der Waals surface area contributed by atoms with E-state index in [-0.39, 0.29) is 12.5 Å². The summed E-state index contributed by atoms with van der Waals surface area (Å²) in [6.45, 7) is 0. The van der Waals surface area contributed by atoms with Gasteiger partial charge in [-0.25, -0.2) is 4.79 Å². The van der Waals surface area contributed by atoms with Crippen molar-refractivity contribution in [3.05, 3.63) is 0 Å². The van der Waals surface area contributed by atoms with Crippen molar-refractivity contribution in [1.29, 1.82) is 0 Å². The molecule has 92 valence electrons. The lowest BCUT2D eigenvalue weighted by Gasteiger charge is -2.43. The third-order valence-corrected chi connectivity index (χ3v) is 3.49. The molecule has 1 aliphatic rings. The first kappa shape index (κ1) is 12.8. The Morgan fingerprint density at radius 3 is 2.31 bits per heavy atom. The Bertz CT molecular complexity index is 272. The van der Waals surface area contributed by atoms with E-state index in [0.29, 0.717) is 0 Å². The van der Waals surface area contributed by atoms with Crippen LogP contribution in [0.1, 0.15) is 38.5 Å². The van der Waals surface area contributed by atoms with E-state index in [1.807, 2.05) is 0 Å². The standard InChI is InChI=1S/C11H20N2O3/c1-12-10(16)13(2)11(8-9(14)15)6-4-3-5-7-11/h3-8H2,1-2H3,(H,12,16)(H,14,15). The van der Waals surface area contributed by atoms with Crippen LogP contribution >= 0.6 is 0 Å². The number of hydrogen-bond donors (Lipinski definition) is 2. The SMILES string of the molecule is CNC(=O)N(C)C1(CC(=O)O)CCCCC1. The summed E-state index contributed by atoms with van der Waals surface area (Å²) >= 11 is 0. The fraction of sp³-hybridized carbons (Fsp3) is 0.818. The van der Waals surface area contributed by atoms with Gasteiger partial charge in [-0.1, -0.05) is 19.3 Å². The summed E-state index contributed by atoms with van der Waals surface area (Å²) in [6.07, 6.45) is 4.72. The summed E-state index contributed by atoms with van der Waals surface area (Å²) in [5.74, 6) is -0.836. The first-order chi connectivity index (χ1) is 7.52. The van der Waals surface area contributed by atoms with Gasteiger partial charge in [0.15, 0.2) is 0 Å². The number of aliphatic carboxylic acids is 1.